The number of hydroxylamine groups is 1. The number of aryl methyl sites for hydroxylation is 1. The molecule has 108 valence electrons. The van der Waals surface area contributed by atoms with Gasteiger partial charge in [-0.2, -0.15) is 0 Å². The fraction of sp³-hybridized carbons (Fsp3) is 0.263. The first kappa shape index (κ1) is 13.9. The minimum Gasteiger partial charge on any atom is -0.270 e. The number of allylic oxidation sites excluding steroid dienone is 1. The lowest BCUT2D eigenvalue weighted by Crippen LogP contribution is -2.22. The standard InChI is InChI=1S/C19H21NO/c1-19(17-12-6-3-7-13-17)15-18(20-21-19)14-8-11-16-9-4-2-5-10-16/h2-7,9-10,12-13,15,20H,8,11,14H2,1H3. The molecule has 0 aliphatic carbocycles. The van der Waals surface area contributed by atoms with Gasteiger partial charge in [0.15, 0.2) is 0 Å². The van der Waals surface area contributed by atoms with Gasteiger partial charge >= 0.3 is 0 Å². The summed E-state index contributed by atoms with van der Waals surface area (Å²) >= 11 is 0. The van der Waals surface area contributed by atoms with Crippen molar-refractivity contribution in [1.82, 2.24) is 5.48 Å². The largest absolute Gasteiger partial charge is 0.270 e. The van der Waals surface area contributed by atoms with Gasteiger partial charge < -0.3 is 0 Å². The molecule has 0 aromatic heterocycles. The Balaban J connectivity index is 1.59. The molecular formula is C19H21NO. The predicted molar refractivity (Wildman–Crippen MR) is 85.5 cm³/mol. The normalized spacial score (nSPS) is 20.9. The molecule has 1 aliphatic heterocycles. The highest BCUT2D eigenvalue weighted by molar-refractivity contribution is 5.30. The molecule has 0 radical (unpaired) electrons. The molecule has 3 rings (SSSR count). The van der Waals surface area contributed by atoms with Crippen LogP contribution in [0.25, 0.3) is 0 Å². The third-order valence-corrected chi connectivity index (χ3v) is 3.95. The highest BCUT2D eigenvalue weighted by atomic mass is 16.7. The van der Waals surface area contributed by atoms with E-state index in [1.165, 1.54) is 16.8 Å². The molecule has 1 heterocycles. The van der Waals surface area contributed by atoms with Crippen molar-refractivity contribution in [2.75, 3.05) is 0 Å². The van der Waals surface area contributed by atoms with E-state index in [9.17, 15) is 0 Å². The topological polar surface area (TPSA) is 21.3 Å². The molecule has 2 nitrogen and oxygen atoms in total. The average molecular weight is 279 g/mol. The monoisotopic (exact) mass is 279 g/mol. The first-order valence-electron chi connectivity index (χ1n) is 7.51. The number of nitrogens with one attached hydrogen (secondary N) is 1. The fourth-order valence-corrected chi connectivity index (χ4v) is 2.73. The lowest BCUT2D eigenvalue weighted by atomic mass is 9.95. The summed E-state index contributed by atoms with van der Waals surface area (Å²) < 4.78 is 0. The highest BCUT2D eigenvalue weighted by Crippen LogP contribution is 2.32. The SMILES string of the molecule is CC1(c2ccccc2)C=C(CCCc2ccccc2)NO1. The Morgan fingerprint density at radius 2 is 1.57 bits per heavy atom. The summed E-state index contributed by atoms with van der Waals surface area (Å²) in [7, 11) is 0. The number of rotatable bonds is 5. The van der Waals surface area contributed by atoms with E-state index in [-0.39, 0.29) is 5.60 Å². The first-order valence-corrected chi connectivity index (χ1v) is 7.51. The van der Waals surface area contributed by atoms with Gasteiger partial charge in [-0.05, 0) is 43.4 Å². The Labute approximate surface area is 126 Å². The third-order valence-electron chi connectivity index (χ3n) is 3.95. The van der Waals surface area contributed by atoms with Gasteiger partial charge in [0.1, 0.15) is 5.60 Å². The van der Waals surface area contributed by atoms with Crippen molar-refractivity contribution in [3.8, 4) is 0 Å². The maximum Gasteiger partial charge on any atom is 0.138 e. The smallest absolute Gasteiger partial charge is 0.138 e. The van der Waals surface area contributed by atoms with Crippen molar-refractivity contribution < 1.29 is 4.84 Å². The Morgan fingerprint density at radius 3 is 2.29 bits per heavy atom. The maximum absolute atomic E-state index is 5.80. The van der Waals surface area contributed by atoms with E-state index in [2.05, 4.69) is 60.9 Å². The molecule has 1 aliphatic rings. The summed E-state index contributed by atoms with van der Waals surface area (Å²) in [5.74, 6) is 0. The Morgan fingerprint density at radius 1 is 0.905 bits per heavy atom. The van der Waals surface area contributed by atoms with Crippen molar-refractivity contribution in [1.29, 1.82) is 0 Å². The van der Waals surface area contributed by atoms with Crippen LogP contribution in [0.5, 0.6) is 0 Å². The van der Waals surface area contributed by atoms with Gasteiger partial charge in [-0.1, -0.05) is 60.7 Å². The third kappa shape index (κ3) is 3.34. The van der Waals surface area contributed by atoms with Crippen LogP contribution in [0, 0.1) is 0 Å². The van der Waals surface area contributed by atoms with E-state index in [0.29, 0.717) is 0 Å². The predicted octanol–water partition coefficient (Wildman–Crippen LogP) is 4.34. The molecule has 0 saturated carbocycles. The zero-order valence-electron chi connectivity index (χ0n) is 12.4. The van der Waals surface area contributed by atoms with Gasteiger partial charge in [0, 0.05) is 5.70 Å². The van der Waals surface area contributed by atoms with E-state index in [4.69, 9.17) is 4.84 Å². The van der Waals surface area contributed by atoms with Crippen LogP contribution in [0.1, 0.15) is 30.9 Å². The number of hydrogen-bond acceptors (Lipinski definition) is 2. The summed E-state index contributed by atoms with van der Waals surface area (Å²) in [5, 5.41) is 0. The number of hydrogen-bond donors (Lipinski definition) is 1. The van der Waals surface area contributed by atoms with Crippen molar-refractivity contribution in [2.24, 2.45) is 0 Å². The van der Waals surface area contributed by atoms with Crippen LogP contribution >= 0.6 is 0 Å². The maximum atomic E-state index is 5.80. The Bertz CT molecular complexity index is 606. The molecule has 2 aromatic rings. The van der Waals surface area contributed by atoms with Gasteiger partial charge in [-0.3, -0.25) is 10.3 Å². The quantitative estimate of drug-likeness (QED) is 0.879. The summed E-state index contributed by atoms with van der Waals surface area (Å²) in [6, 6.07) is 20.9. The van der Waals surface area contributed by atoms with Crippen molar-refractivity contribution in [3.05, 3.63) is 83.6 Å². The molecule has 0 saturated heterocycles. The van der Waals surface area contributed by atoms with E-state index in [0.717, 1.165) is 19.3 Å². The van der Waals surface area contributed by atoms with Gasteiger partial charge in [-0.15, -0.1) is 0 Å². The molecule has 0 fully saturated rings. The van der Waals surface area contributed by atoms with Crippen molar-refractivity contribution >= 4 is 0 Å². The number of benzene rings is 2. The second kappa shape index (κ2) is 6.15. The van der Waals surface area contributed by atoms with Crippen LogP contribution in [-0.2, 0) is 16.9 Å². The molecule has 0 spiro atoms. The van der Waals surface area contributed by atoms with Crippen LogP contribution in [0.2, 0.25) is 0 Å². The fourth-order valence-electron chi connectivity index (χ4n) is 2.73. The van der Waals surface area contributed by atoms with E-state index < -0.39 is 0 Å². The second-order valence-electron chi connectivity index (χ2n) is 5.69. The molecule has 21 heavy (non-hydrogen) atoms. The van der Waals surface area contributed by atoms with Crippen LogP contribution in [0.3, 0.4) is 0 Å². The molecule has 1 unspecified atom stereocenters. The molecule has 2 aromatic carbocycles. The Kier molecular flexibility index (Phi) is 4.07. The van der Waals surface area contributed by atoms with Gasteiger partial charge in [-0.25, -0.2) is 0 Å². The molecule has 1 N–H and O–H groups in total. The lowest BCUT2D eigenvalue weighted by Gasteiger charge is -2.20. The zero-order valence-corrected chi connectivity index (χ0v) is 12.4. The minimum absolute atomic E-state index is 0.358. The molecule has 2 heteroatoms. The molecular weight excluding hydrogens is 258 g/mol. The molecule has 0 amide bonds. The van der Waals surface area contributed by atoms with Crippen LogP contribution in [0.15, 0.2) is 72.4 Å². The van der Waals surface area contributed by atoms with Gasteiger partial charge in [0.05, 0.1) is 0 Å². The van der Waals surface area contributed by atoms with Crippen LogP contribution < -0.4 is 5.48 Å². The van der Waals surface area contributed by atoms with Gasteiger partial charge in [0.25, 0.3) is 0 Å². The molecule has 1 atom stereocenters. The Hall–Kier alpha value is -2.06. The van der Waals surface area contributed by atoms with Gasteiger partial charge in [0.2, 0.25) is 0 Å². The lowest BCUT2D eigenvalue weighted by molar-refractivity contribution is -0.0322. The highest BCUT2D eigenvalue weighted by Gasteiger charge is 2.31. The van der Waals surface area contributed by atoms with Crippen molar-refractivity contribution in [3.63, 3.8) is 0 Å². The van der Waals surface area contributed by atoms with E-state index >= 15 is 0 Å². The van der Waals surface area contributed by atoms with E-state index in [1.54, 1.807) is 0 Å². The minimum atomic E-state index is -0.358. The second-order valence-corrected chi connectivity index (χ2v) is 5.69. The summed E-state index contributed by atoms with van der Waals surface area (Å²) in [5.41, 5.74) is 6.48. The summed E-state index contributed by atoms with van der Waals surface area (Å²) in [6.07, 6.45) is 5.43. The average Bonchev–Trinajstić information content (AvgIpc) is 2.92. The zero-order chi connectivity index (χ0) is 14.5. The summed E-state index contributed by atoms with van der Waals surface area (Å²) in [6.45, 7) is 2.10. The van der Waals surface area contributed by atoms with Crippen LogP contribution in [0.4, 0.5) is 0 Å². The first-order chi connectivity index (χ1) is 10.3. The van der Waals surface area contributed by atoms with Crippen molar-refractivity contribution in [2.45, 2.75) is 31.8 Å². The summed E-state index contributed by atoms with van der Waals surface area (Å²) in [4.78, 5) is 5.80. The molecule has 0 bridgehead atoms. The van der Waals surface area contributed by atoms with Crippen LogP contribution in [-0.4, -0.2) is 0 Å². The van der Waals surface area contributed by atoms with E-state index in [1.807, 2.05) is 18.2 Å².